The Balaban J connectivity index is 1.86. The van der Waals surface area contributed by atoms with Crippen LogP contribution >= 0.6 is 0 Å². The summed E-state index contributed by atoms with van der Waals surface area (Å²) in [5.41, 5.74) is 1.64. The van der Waals surface area contributed by atoms with Crippen LogP contribution in [0.15, 0.2) is 42.5 Å². The fourth-order valence-corrected chi connectivity index (χ4v) is 2.63. The van der Waals surface area contributed by atoms with Gasteiger partial charge in [0.05, 0.1) is 19.9 Å². The lowest BCUT2D eigenvalue weighted by molar-refractivity contribution is -0.153. The highest BCUT2D eigenvalue weighted by molar-refractivity contribution is 5.94. The minimum atomic E-state index is -0.853. The Hall–Kier alpha value is -3.22. The van der Waals surface area contributed by atoms with E-state index in [1.807, 2.05) is 24.3 Å². The smallest absolute Gasteiger partial charge is 0.347 e. The summed E-state index contributed by atoms with van der Waals surface area (Å²) in [4.78, 5) is 24.3. The molecule has 1 amide bonds. The summed E-state index contributed by atoms with van der Waals surface area (Å²) in [7, 11) is 3.02. The average molecular weight is 415 g/mol. The largest absolute Gasteiger partial charge is 0.497 e. The van der Waals surface area contributed by atoms with Gasteiger partial charge in [0.25, 0.3) is 5.91 Å². The third kappa shape index (κ3) is 6.40. The third-order valence-corrected chi connectivity index (χ3v) is 4.39. The van der Waals surface area contributed by atoms with E-state index in [2.05, 4.69) is 26.1 Å². The minimum absolute atomic E-state index is 0.0308. The summed E-state index contributed by atoms with van der Waals surface area (Å²) in [6.45, 7) is 7.50. The lowest BCUT2D eigenvalue weighted by Crippen LogP contribution is -2.29. The maximum absolute atomic E-state index is 12.2. The van der Waals surface area contributed by atoms with Gasteiger partial charge >= 0.3 is 5.97 Å². The number of ether oxygens (including phenoxy) is 4. The third-order valence-electron chi connectivity index (χ3n) is 4.39. The van der Waals surface area contributed by atoms with E-state index in [0.717, 1.165) is 5.56 Å². The first-order valence-electron chi connectivity index (χ1n) is 9.59. The van der Waals surface area contributed by atoms with Crippen LogP contribution in [0.5, 0.6) is 17.2 Å². The van der Waals surface area contributed by atoms with Gasteiger partial charge in [0.1, 0.15) is 17.2 Å². The van der Waals surface area contributed by atoms with E-state index in [4.69, 9.17) is 18.9 Å². The van der Waals surface area contributed by atoms with E-state index in [1.165, 1.54) is 14.2 Å². The van der Waals surface area contributed by atoms with Gasteiger partial charge in [0.15, 0.2) is 12.7 Å². The molecule has 0 fully saturated rings. The number of hydrogen-bond donors (Lipinski definition) is 1. The zero-order chi connectivity index (χ0) is 22.3. The summed E-state index contributed by atoms with van der Waals surface area (Å²) in [6.07, 6.45) is -0.853. The molecule has 7 heteroatoms. The molecule has 30 heavy (non-hydrogen) atoms. The quantitative estimate of drug-likeness (QED) is 0.658. The number of nitrogens with one attached hydrogen (secondary N) is 1. The van der Waals surface area contributed by atoms with E-state index in [0.29, 0.717) is 22.9 Å². The van der Waals surface area contributed by atoms with Crippen molar-refractivity contribution in [2.75, 3.05) is 26.1 Å². The number of anilines is 1. The Morgan fingerprint density at radius 1 is 0.967 bits per heavy atom. The van der Waals surface area contributed by atoms with Crippen molar-refractivity contribution in [3.63, 3.8) is 0 Å². The van der Waals surface area contributed by atoms with Crippen molar-refractivity contribution in [3.8, 4) is 17.2 Å². The second-order valence-electron chi connectivity index (χ2n) is 7.76. The molecule has 2 rings (SSSR count). The van der Waals surface area contributed by atoms with Gasteiger partial charge in [0.2, 0.25) is 0 Å². The van der Waals surface area contributed by atoms with Crippen LogP contribution in [0.3, 0.4) is 0 Å². The van der Waals surface area contributed by atoms with Gasteiger partial charge in [-0.05, 0) is 42.2 Å². The monoisotopic (exact) mass is 415 g/mol. The Kier molecular flexibility index (Phi) is 7.69. The van der Waals surface area contributed by atoms with Gasteiger partial charge in [0, 0.05) is 6.07 Å². The minimum Gasteiger partial charge on any atom is -0.497 e. The van der Waals surface area contributed by atoms with E-state index in [9.17, 15) is 9.59 Å². The Morgan fingerprint density at radius 2 is 1.60 bits per heavy atom. The maximum Gasteiger partial charge on any atom is 0.347 e. The molecule has 162 valence electrons. The van der Waals surface area contributed by atoms with Gasteiger partial charge in [-0.15, -0.1) is 0 Å². The number of esters is 1. The molecule has 2 aromatic rings. The van der Waals surface area contributed by atoms with Gasteiger partial charge in [-0.25, -0.2) is 4.79 Å². The first kappa shape index (κ1) is 23.1. The SMILES string of the molecule is COc1ccc(NC(=O)COC(=O)[C@H](C)Oc2ccc(C(C)(C)C)cc2)c(OC)c1. The molecule has 0 aliphatic rings. The predicted octanol–water partition coefficient (Wildman–Crippen LogP) is 3.95. The van der Waals surface area contributed by atoms with E-state index in [-0.39, 0.29) is 5.41 Å². The van der Waals surface area contributed by atoms with Crippen LogP contribution in [0, 0.1) is 0 Å². The molecule has 1 N–H and O–H groups in total. The van der Waals surface area contributed by atoms with Crippen molar-refractivity contribution < 1.29 is 28.5 Å². The van der Waals surface area contributed by atoms with Gasteiger partial charge in [-0.1, -0.05) is 32.9 Å². The summed E-state index contributed by atoms with van der Waals surface area (Å²) in [5.74, 6) is 0.461. The van der Waals surface area contributed by atoms with Gasteiger partial charge < -0.3 is 24.3 Å². The molecule has 0 aliphatic carbocycles. The second kappa shape index (κ2) is 10.0. The van der Waals surface area contributed by atoms with E-state index in [1.54, 1.807) is 25.1 Å². The number of rotatable bonds is 8. The molecular formula is C23H29NO6. The molecule has 7 nitrogen and oxygen atoms in total. The normalized spacial score (nSPS) is 11.9. The first-order chi connectivity index (χ1) is 14.1. The summed E-state index contributed by atoms with van der Waals surface area (Å²) < 4.78 is 21.0. The Bertz CT molecular complexity index is 870. The maximum atomic E-state index is 12.2. The Labute approximate surface area is 177 Å². The number of hydrogen-bond acceptors (Lipinski definition) is 6. The molecule has 1 atom stereocenters. The molecule has 2 aromatic carbocycles. The van der Waals surface area contributed by atoms with Crippen LogP contribution in [-0.4, -0.2) is 38.8 Å². The fraction of sp³-hybridized carbons (Fsp3) is 0.391. The molecule has 0 unspecified atom stereocenters. The van der Waals surface area contributed by atoms with Gasteiger partial charge in [-0.3, -0.25) is 4.79 Å². The highest BCUT2D eigenvalue weighted by atomic mass is 16.6. The summed E-state index contributed by atoms with van der Waals surface area (Å²) >= 11 is 0. The molecule has 0 aromatic heterocycles. The molecule has 0 heterocycles. The van der Waals surface area contributed by atoms with Crippen LogP contribution in [0.1, 0.15) is 33.3 Å². The molecule has 0 aliphatic heterocycles. The average Bonchev–Trinajstić information content (AvgIpc) is 2.71. The lowest BCUT2D eigenvalue weighted by atomic mass is 9.87. The number of carbonyl (C=O) groups excluding carboxylic acids is 2. The second-order valence-corrected chi connectivity index (χ2v) is 7.76. The predicted molar refractivity (Wildman–Crippen MR) is 114 cm³/mol. The van der Waals surface area contributed by atoms with Crippen LogP contribution in [0.4, 0.5) is 5.69 Å². The van der Waals surface area contributed by atoms with Crippen LogP contribution < -0.4 is 19.5 Å². The topological polar surface area (TPSA) is 83.1 Å². The van der Waals surface area contributed by atoms with Gasteiger partial charge in [-0.2, -0.15) is 0 Å². The van der Waals surface area contributed by atoms with Crippen LogP contribution in [-0.2, 0) is 19.7 Å². The molecule has 0 saturated heterocycles. The van der Waals surface area contributed by atoms with Crippen LogP contribution in [0.25, 0.3) is 0 Å². The van der Waals surface area contributed by atoms with Crippen LogP contribution in [0.2, 0.25) is 0 Å². The van der Waals surface area contributed by atoms with Crippen molar-refractivity contribution in [1.82, 2.24) is 0 Å². The molecule has 0 spiro atoms. The van der Waals surface area contributed by atoms with Crippen molar-refractivity contribution >= 4 is 17.6 Å². The molecule has 0 saturated carbocycles. The number of carbonyl (C=O) groups is 2. The van der Waals surface area contributed by atoms with E-state index < -0.39 is 24.6 Å². The van der Waals surface area contributed by atoms with Crippen molar-refractivity contribution in [1.29, 1.82) is 0 Å². The Morgan fingerprint density at radius 3 is 2.17 bits per heavy atom. The van der Waals surface area contributed by atoms with Crippen molar-refractivity contribution in [2.45, 2.75) is 39.2 Å². The summed E-state index contributed by atoms with van der Waals surface area (Å²) in [5, 5.41) is 2.64. The van der Waals surface area contributed by atoms with E-state index >= 15 is 0 Å². The highest BCUT2D eigenvalue weighted by Gasteiger charge is 2.19. The highest BCUT2D eigenvalue weighted by Crippen LogP contribution is 2.29. The van der Waals surface area contributed by atoms with Crippen molar-refractivity contribution in [2.24, 2.45) is 0 Å². The fourth-order valence-electron chi connectivity index (χ4n) is 2.63. The zero-order valence-corrected chi connectivity index (χ0v) is 18.3. The van der Waals surface area contributed by atoms with Crippen molar-refractivity contribution in [3.05, 3.63) is 48.0 Å². The zero-order valence-electron chi connectivity index (χ0n) is 18.3. The first-order valence-corrected chi connectivity index (χ1v) is 9.59. The number of amides is 1. The number of methoxy groups -OCH3 is 2. The standard InChI is InChI=1S/C23H29NO6/c1-15(30-17-9-7-16(8-10-17)23(2,3)4)22(26)29-14-21(25)24-19-12-11-18(27-5)13-20(19)28-6/h7-13,15H,14H2,1-6H3,(H,24,25)/t15-/m0/s1. The molecular weight excluding hydrogens is 386 g/mol. The lowest BCUT2D eigenvalue weighted by Gasteiger charge is -2.20. The number of benzene rings is 2. The molecule has 0 bridgehead atoms. The summed E-state index contributed by atoms with van der Waals surface area (Å²) in [6, 6.07) is 12.5. The molecule has 0 radical (unpaired) electrons.